The van der Waals surface area contributed by atoms with Crippen molar-refractivity contribution in [2.45, 2.75) is 32.1 Å². The van der Waals surface area contributed by atoms with Gasteiger partial charge in [0.2, 0.25) is 0 Å². The lowest BCUT2D eigenvalue weighted by molar-refractivity contribution is 0.912. The van der Waals surface area contributed by atoms with Crippen molar-refractivity contribution in [3.63, 3.8) is 0 Å². The van der Waals surface area contributed by atoms with E-state index in [2.05, 4.69) is 30.1 Å². The number of thiazole rings is 1. The fourth-order valence-corrected chi connectivity index (χ4v) is 3.52. The maximum Gasteiger partial charge on any atom is 0.108 e. The molecule has 1 heterocycles. The van der Waals surface area contributed by atoms with Crippen molar-refractivity contribution in [2.24, 2.45) is 0 Å². The van der Waals surface area contributed by atoms with Crippen molar-refractivity contribution < 1.29 is 0 Å². The van der Waals surface area contributed by atoms with Gasteiger partial charge >= 0.3 is 0 Å². The summed E-state index contributed by atoms with van der Waals surface area (Å²) in [7, 11) is 0. The van der Waals surface area contributed by atoms with Crippen LogP contribution in [0.2, 0.25) is 0 Å². The van der Waals surface area contributed by atoms with Crippen molar-refractivity contribution in [1.29, 1.82) is 0 Å². The summed E-state index contributed by atoms with van der Waals surface area (Å²) in [5, 5.41) is 1.01. The van der Waals surface area contributed by atoms with Crippen LogP contribution in [0, 0.1) is 6.92 Å². The number of halogens is 1. The standard InChI is InChI=1S/C14H14ClNS/c1-9-14(16-13(8-15)17-9)12-6-5-10-3-2-4-11(10)7-12/h5-7H,2-4,8H2,1H3. The molecule has 0 N–H and O–H groups in total. The molecule has 2 aromatic rings. The van der Waals surface area contributed by atoms with Crippen LogP contribution in [0.4, 0.5) is 0 Å². The summed E-state index contributed by atoms with van der Waals surface area (Å²) in [5.74, 6) is 0.510. The van der Waals surface area contributed by atoms with Crippen molar-refractivity contribution in [1.82, 2.24) is 4.98 Å². The second-order valence-corrected chi connectivity index (χ2v) is 6.04. The largest absolute Gasteiger partial charge is 0.240 e. The van der Waals surface area contributed by atoms with Gasteiger partial charge in [-0.1, -0.05) is 12.1 Å². The second kappa shape index (κ2) is 4.43. The number of rotatable bonds is 2. The van der Waals surface area contributed by atoms with Crippen LogP contribution in [-0.2, 0) is 18.7 Å². The molecule has 0 fully saturated rings. The molecule has 0 saturated heterocycles. The molecule has 1 aromatic heterocycles. The molecule has 1 aliphatic carbocycles. The predicted molar refractivity (Wildman–Crippen MR) is 73.9 cm³/mol. The summed E-state index contributed by atoms with van der Waals surface area (Å²) in [6, 6.07) is 6.77. The Morgan fingerprint density at radius 3 is 2.88 bits per heavy atom. The third-order valence-corrected chi connectivity index (χ3v) is 4.71. The predicted octanol–water partition coefficient (Wildman–Crippen LogP) is 4.35. The highest BCUT2D eigenvalue weighted by atomic mass is 35.5. The molecule has 88 valence electrons. The molecule has 0 saturated carbocycles. The third kappa shape index (κ3) is 2.00. The van der Waals surface area contributed by atoms with Gasteiger partial charge in [0, 0.05) is 10.4 Å². The molecular formula is C14H14ClNS. The van der Waals surface area contributed by atoms with Crippen LogP contribution >= 0.6 is 22.9 Å². The normalized spacial score (nSPS) is 14.0. The first kappa shape index (κ1) is 11.2. The topological polar surface area (TPSA) is 12.9 Å². The number of hydrogen-bond donors (Lipinski definition) is 0. The summed E-state index contributed by atoms with van der Waals surface area (Å²) in [4.78, 5) is 5.87. The van der Waals surface area contributed by atoms with E-state index in [0.29, 0.717) is 5.88 Å². The van der Waals surface area contributed by atoms with E-state index in [0.717, 1.165) is 10.7 Å². The molecular weight excluding hydrogens is 250 g/mol. The molecule has 0 bridgehead atoms. The van der Waals surface area contributed by atoms with Gasteiger partial charge in [0.1, 0.15) is 5.01 Å². The third-order valence-electron chi connectivity index (χ3n) is 3.33. The number of nitrogens with zero attached hydrogens (tertiary/aromatic N) is 1. The zero-order valence-corrected chi connectivity index (χ0v) is 11.4. The van der Waals surface area contributed by atoms with E-state index in [-0.39, 0.29) is 0 Å². The molecule has 1 aliphatic rings. The highest BCUT2D eigenvalue weighted by Gasteiger charge is 2.14. The van der Waals surface area contributed by atoms with E-state index < -0.39 is 0 Å². The Kier molecular flexibility index (Phi) is 2.93. The molecule has 0 aliphatic heterocycles. The average molecular weight is 264 g/mol. The molecule has 0 radical (unpaired) electrons. The minimum Gasteiger partial charge on any atom is -0.240 e. The van der Waals surface area contributed by atoms with Crippen molar-refractivity contribution in [3.8, 4) is 11.3 Å². The lowest BCUT2D eigenvalue weighted by Crippen LogP contribution is -1.86. The quantitative estimate of drug-likeness (QED) is 0.735. The van der Waals surface area contributed by atoms with E-state index in [4.69, 9.17) is 11.6 Å². The number of aryl methyl sites for hydroxylation is 3. The van der Waals surface area contributed by atoms with Gasteiger partial charge in [-0.3, -0.25) is 0 Å². The Labute approximate surface area is 110 Å². The molecule has 0 atom stereocenters. The van der Waals surface area contributed by atoms with Crippen LogP contribution in [0.3, 0.4) is 0 Å². The smallest absolute Gasteiger partial charge is 0.108 e. The van der Waals surface area contributed by atoms with Crippen LogP contribution in [-0.4, -0.2) is 4.98 Å². The van der Waals surface area contributed by atoms with E-state index in [1.165, 1.54) is 40.8 Å². The zero-order chi connectivity index (χ0) is 11.8. The molecule has 1 nitrogen and oxygen atoms in total. The first-order valence-corrected chi connectivity index (χ1v) is 7.27. The first-order valence-electron chi connectivity index (χ1n) is 5.92. The minimum atomic E-state index is 0.510. The summed E-state index contributed by atoms with van der Waals surface area (Å²) in [6.45, 7) is 2.12. The minimum absolute atomic E-state index is 0.510. The molecule has 0 spiro atoms. The van der Waals surface area contributed by atoms with E-state index in [1.807, 2.05) is 0 Å². The number of alkyl halides is 1. The van der Waals surface area contributed by atoms with Crippen LogP contribution < -0.4 is 0 Å². The van der Waals surface area contributed by atoms with Crippen LogP contribution in [0.1, 0.15) is 27.4 Å². The van der Waals surface area contributed by atoms with Gasteiger partial charge in [0.25, 0.3) is 0 Å². The number of benzene rings is 1. The fraction of sp³-hybridized carbons (Fsp3) is 0.357. The van der Waals surface area contributed by atoms with Gasteiger partial charge in [-0.2, -0.15) is 0 Å². The Bertz CT molecular complexity index is 559. The SMILES string of the molecule is Cc1sc(CCl)nc1-c1ccc2c(c1)CCC2. The Balaban J connectivity index is 2.06. The number of hydrogen-bond acceptors (Lipinski definition) is 2. The van der Waals surface area contributed by atoms with Crippen LogP contribution in [0.5, 0.6) is 0 Å². The Morgan fingerprint density at radius 1 is 1.29 bits per heavy atom. The Morgan fingerprint density at radius 2 is 2.12 bits per heavy atom. The van der Waals surface area contributed by atoms with Crippen molar-refractivity contribution in [3.05, 3.63) is 39.2 Å². The summed E-state index contributed by atoms with van der Waals surface area (Å²) in [6.07, 6.45) is 3.75. The van der Waals surface area contributed by atoms with Gasteiger partial charge < -0.3 is 0 Å². The van der Waals surface area contributed by atoms with E-state index in [9.17, 15) is 0 Å². The fourth-order valence-electron chi connectivity index (χ4n) is 2.50. The highest BCUT2D eigenvalue weighted by Crippen LogP contribution is 2.31. The van der Waals surface area contributed by atoms with E-state index >= 15 is 0 Å². The van der Waals surface area contributed by atoms with Crippen molar-refractivity contribution in [2.75, 3.05) is 0 Å². The monoisotopic (exact) mass is 263 g/mol. The molecule has 17 heavy (non-hydrogen) atoms. The molecule has 0 unspecified atom stereocenters. The summed E-state index contributed by atoms with van der Waals surface area (Å²) >= 11 is 7.54. The second-order valence-electron chi connectivity index (χ2n) is 4.48. The first-order chi connectivity index (χ1) is 8.28. The van der Waals surface area contributed by atoms with Gasteiger partial charge in [0.05, 0.1) is 11.6 Å². The molecule has 3 heteroatoms. The van der Waals surface area contributed by atoms with Gasteiger partial charge in [-0.05, 0) is 43.4 Å². The maximum absolute atomic E-state index is 5.84. The van der Waals surface area contributed by atoms with E-state index in [1.54, 1.807) is 11.3 Å². The Hall–Kier alpha value is -0.860. The van der Waals surface area contributed by atoms with Gasteiger partial charge in [0.15, 0.2) is 0 Å². The lowest BCUT2D eigenvalue weighted by Gasteiger charge is -2.03. The molecule has 1 aromatic carbocycles. The summed E-state index contributed by atoms with van der Waals surface area (Å²) in [5.41, 5.74) is 5.37. The average Bonchev–Trinajstić information content (AvgIpc) is 2.93. The molecule has 3 rings (SSSR count). The zero-order valence-electron chi connectivity index (χ0n) is 9.79. The highest BCUT2D eigenvalue weighted by molar-refractivity contribution is 7.12. The maximum atomic E-state index is 5.84. The molecule has 0 amide bonds. The number of fused-ring (bicyclic) bond motifs is 1. The van der Waals surface area contributed by atoms with Crippen molar-refractivity contribution >= 4 is 22.9 Å². The van der Waals surface area contributed by atoms with Gasteiger partial charge in [-0.15, -0.1) is 22.9 Å². The lowest BCUT2D eigenvalue weighted by atomic mass is 10.0. The van der Waals surface area contributed by atoms with Gasteiger partial charge in [-0.25, -0.2) is 4.98 Å². The summed E-state index contributed by atoms with van der Waals surface area (Å²) < 4.78 is 0. The van der Waals surface area contributed by atoms with Crippen LogP contribution in [0.25, 0.3) is 11.3 Å². The van der Waals surface area contributed by atoms with Crippen LogP contribution in [0.15, 0.2) is 18.2 Å². The number of aromatic nitrogens is 1.